The molecule has 3 aromatic heterocycles. The lowest BCUT2D eigenvalue weighted by atomic mass is 9.98. The molecule has 1 fully saturated rings. The lowest BCUT2D eigenvalue weighted by Gasteiger charge is -2.24. The summed E-state index contributed by atoms with van der Waals surface area (Å²) < 4.78 is 1.53. The SMILES string of the molecule is CN1CC[C@H](CNC(=O)c2cccc(-c3cnc4[nH]c(=O)n(C)c4c3)c2)[C@H]1c1cccs1. The Morgan fingerprint density at radius 1 is 1.22 bits per heavy atom. The minimum absolute atomic E-state index is 0.0746. The van der Waals surface area contributed by atoms with E-state index in [1.165, 1.54) is 9.44 Å². The average molecular weight is 448 g/mol. The van der Waals surface area contributed by atoms with Crippen LogP contribution in [-0.4, -0.2) is 45.5 Å². The number of thiophene rings is 1. The van der Waals surface area contributed by atoms with Gasteiger partial charge < -0.3 is 5.32 Å². The highest BCUT2D eigenvalue weighted by molar-refractivity contribution is 7.10. The molecule has 2 atom stereocenters. The van der Waals surface area contributed by atoms with Crippen LogP contribution in [0.25, 0.3) is 22.3 Å². The first-order valence-electron chi connectivity index (χ1n) is 10.7. The van der Waals surface area contributed by atoms with E-state index in [-0.39, 0.29) is 11.6 Å². The fourth-order valence-electron chi connectivity index (χ4n) is 4.57. The molecule has 1 amide bonds. The Hall–Kier alpha value is -3.23. The summed E-state index contributed by atoms with van der Waals surface area (Å²) in [6, 6.07) is 14.1. The Morgan fingerprint density at radius 3 is 2.91 bits per heavy atom. The Balaban J connectivity index is 1.33. The first-order valence-corrected chi connectivity index (χ1v) is 11.6. The van der Waals surface area contributed by atoms with Crippen molar-refractivity contribution in [3.05, 3.63) is 75.0 Å². The van der Waals surface area contributed by atoms with Crippen molar-refractivity contribution in [3.8, 4) is 11.1 Å². The molecule has 1 aliphatic rings. The first kappa shape index (κ1) is 20.7. The Labute approximate surface area is 189 Å². The molecule has 0 spiro atoms. The molecule has 8 heteroatoms. The van der Waals surface area contributed by atoms with Crippen LogP contribution >= 0.6 is 11.3 Å². The topological polar surface area (TPSA) is 83.0 Å². The minimum Gasteiger partial charge on any atom is -0.352 e. The number of H-pyrrole nitrogens is 1. The number of likely N-dealkylation sites (tertiary alicyclic amines) is 1. The Morgan fingerprint density at radius 2 is 2.09 bits per heavy atom. The maximum Gasteiger partial charge on any atom is 0.327 e. The standard InChI is InChI=1S/C24H25N5O2S/c1-28-9-8-17(21(28)20-7-4-10-32-20)13-26-23(30)16-6-3-5-15(11-16)18-12-19-22(25-14-18)27-24(31)29(19)2/h3-7,10-12,14,17,21H,8-9,13H2,1-2H3,(H,26,30)(H,25,27,31)/t17-,21+/m1/s1. The van der Waals surface area contributed by atoms with Crippen molar-refractivity contribution < 1.29 is 4.79 Å². The number of benzene rings is 1. The first-order chi connectivity index (χ1) is 15.5. The van der Waals surface area contributed by atoms with Gasteiger partial charge in [0.1, 0.15) is 0 Å². The van der Waals surface area contributed by atoms with E-state index in [1.807, 2.05) is 30.3 Å². The Bertz CT molecular complexity index is 1320. The molecule has 0 bridgehead atoms. The average Bonchev–Trinajstić information content (AvgIpc) is 3.52. The van der Waals surface area contributed by atoms with Crippen LogP contribution in [0.3, 0.4) is 0 Å². The van der Waals surface area contributed by atoms with E-state index < -0.39 is 0 Å². The third-order valence-electron chi connectivity index (χ3n) is 6.35. The summed E-state index contributed by atoms with van der Waals surface area (Å²) in [5, 5.41) is 5.26. The van der Waals surface area contributed by atoms with Crippen LogP contribution in [0, 0.1) is 5.92 Å². The molecular weight excluding hydrogens is 422 g/mol. The maximum atomic E-state index is 12.9. The van der Waals surface area contributed by atoms with Gasteiger partial charge in [-0.25, -0.2) is 9.78 Å². The predicted octanol–water partition coefficient (Wildman–Crippen LogP) is 3.41. The quantitative estimate of drug-likeness (QED) is 0.491. The second-order valence-electron chi connectivity index (χ2n) is 8.36. The molecule has 0 aliphatic carbocycles. The van der Waals surface area contributed by atoms with Gasteiger partial charge in [0.05, 0.1) is 5.52 Å². The zero-order valence-electron chi connectivity index (χ0n) is 18.0. The molecule has 5 rings (SSSR count). The van der Waals surface area contributed by atoms with Crippen molar-refractivity contribution >= 4 is 28.4 Å². The number of imidazole rings is 1. The number of rotatable bonds is 5. The summed E-state index contributed by atoms with van der Waals surface area (Å²) in [6.45, 7) is 1.69. The van der Waals surface area contributed by atoms with E-state index in [1.54, 1.807) is 24.6 Å². The molecule has 4 aromatic rings. The van der Waals surface area contributed by atoms with Gasteiger partial charge in [0, 0.05) is 41.8 Å². The third kappa shape index (κ3) is 3.76. The summed E-state index contributed by atoms with van der Waals surface area (Å²) in [5.74, 6) is 0.321. The van der Waals surface area contributed by atoms with Crippen LogP contribution in [0.4, 0.5) is 0 Å². The maximum absolute atomic E-state index is 12.9. The number of aromatic amines is 1. The number of aromatic nitrogens is 3. The van der Waals surface area contributed by atoms with Crippen molar-refractivity contribution in [2.24, 2.45) is 13.0 Å². The van der Waals surface area contributed by atoms with E-state index >= 15 is 0 Å². The van der Waals surface area contributed by atoms with Crippen LogP contribution in [0.5, 0.6) is 0 Å². The fraction of sp³-hybridized carbons (Fsp3) is 0.292. The number of pyridine rings is 1. The summed E-state index contributed by atoms with van der Waals surface area (Å²) in [7, 11) is 3.86. The van der Waals surface area contributed by atoms with E-state index in [0.29, 0.717) is 29.7 Å². The zero-order chi connectivity index (χ0) is 22.2. The normalized spacial score (nSPS) is 18.9. The summed E-state index contributed by atoms with van der Waals surface area (Å²) in [6.07, 6.45) is 2.79. The number of fused-ring (bicyclic) bond motifs is 1. The molecule has 164 valence electrons. The number of carbonyl (C=O) groups excluding carboxylic acids is 1. The molecule has 1 aliphatic heterocycles. The molecule has 1 aromatic carbocycles. The summed E-state index contributed by atoms with van der Waals surface area (Å²) >= 11 is 1.78. The van der Waals surface area contributed by atoms with Crippen LogP contribution in [0.1, 0.15) is 27.7 Å². The highest BCUT2D eigenvalue weighted by atomic mass is 32.1. The van der Waals surface area contributed by atoms with E-state index in [4.69, 9.17) is 0 Å². The second kappa shape index (κ2) is 8.37. The van der Waals surface area contributed by atoms with Crippen LogP contribution < -0.4 is 11.0 Å². The van der Waals surface area contributed by atoms with Crippen LogP contribution in [0.2, 0.25) is 0 Å². The van der Waals surface area contributed by atoms with Crippen molar-refractivity contribution in [2.75, 3.05) is 20.1 Å². The highest BCUT2D eigenvalue weighted by Gasteiger charge is 2.33. The molecule has 0 unspecified atom stereocenters. The van der Waals surface area contributed by atoms with Crippen molar-refractivity contribution in [3.63, 3.8) is 0 Å². The molecule has 7 nitrogen and oxygen atoms in total. The second-order valence-corrected chi connectivity index (χ2v) is 9.34. The van der Waals surface area contributed by atoms with Crippen molar-refractivity contribution in [1.82, 2.24) is 24.8 Å². The highest BCUT2D eigenvalue weighted by Crippen LogP contribution is 2.37. The Kier molecular flexibility index (Phi) is 5.40. The molecule has 0 saturated carbocycles. The number of hydrogen-bond acceptors (Lipinski definition) is 5. The van der Waals surface area contributed by atoms with Gasteiger partial charge in [-0.15, -0.1) is 11.3 Å². The molecule has 32 heavy (non-hydrogen) atoms. The largest absolute Gasteiger partial charge is 0.352 e. The van der Waals surface area contributed by atoms with Gasteiger partial charge in [0.25, 0.3) is 5.91 Å². The predicted molar refractivity (Wildman–Crippen MR) is 127 cm³/mol. The zero-order valence-corrected chi connectivity index (χ0v) is 18.9. The van der Waals surface area contributed by atoms with Gasteiger partial charge in [-0.05, 0) is 61.1 Å². The van der Waals surface area contributed by atoms with E-state index in [9.17, 15) is 9.59 Å². The monoisotopic (exact) mass is 447 g/mol. The number of amides is 1. The lowest BCUT2D eigenvalue weighted by molar-refractivity contribution is 0.0944. The number of hydrogen-bond donors (Lipinski definition) is 2. The number of nitrogens with one attached hydrogen (secondary N) is 2. The molecule has 2 N–H and O–H groups in total. The van der Waals surface area contributed by atoms with Gasteiger partial charge in [-0.3, -0.25) is 19.2 Å². The molecule has 4 heterocycles. The van der Waals surface area contributed by atoms with Gasteiger partial charge >= 0.3 is 5.69 Å². The summed E-state index contributed by atoms with van der Waals surface area (Å²) in [4.78, 5) is 35.6. The number of carbonyl (C=O) groups is 1. The van der Waals surface area contributed by atoms with Gasteiger partial charge in [-0.2, -0.15) is 0 Å². The summed E-state index contributed by atoms with van der Waals surface area (Å²) in [5.41, 5.74) is 3.44. The minimum atomic E-state index is -0.198. The smallest absolute Gasteiger partial charge is 0.327 e. The molecule has 1 saturated heterocycles. The lowest BCUT2D eigenvalue weighted by Crippen LogP contribution is -2.32. The van der Waals surface area contributed by atoms with E-state index in [0.717, 1.165) is 29.6 Å². The van der Waals surface area contributed by atoms with Crippen LogP contribution in [0.15, 0.2) is 58.8 Å². The molecule has 0 radical (unpaired) electrons. The number of nitrogens with zero attached hydrogens (tertiary/aromatic N) is 3. The van der Waals surface area contributed by atoms with Crippen molar-refractivity contribution in [1.29, 1.82) is 0 Å². The third-order valence-corrected chi connectivity index (χ3v) is 7.29. The van der Waals surface area contributed by atoms with Gasteiger partial charge in [0.15, 0.2) is 5.65 Å². The number of aryl methyl sites for hydroxylation is 1. The van der Waals surface area contributed by atoms with Gasteiger partial charge in [-0.1, -0.05) is 18.2 Å². The van der Waals surface area contributed by atoms with Gasteiger partial charge in [0.2, 0.25) is 0 Å². The molecular formula is C24H25N5O2S. The van der Waals surface area contributed by atoms with Crippen molar-refractivity contribution in [2.45, 2.75) is 12.5 Å². The van der Waals surface area contributed by atoms with Crippen LogP contribution in [-0.2, 0) is 7.05 Å². The van der Waals surface area contributed by atoms with E-state index in [2.05, 4.69) is 44.7 Å². The fourth-order valence-corrected chi connectivity index (χ4v) is 5.56.